The zero-order valence-electron chi connectivity index (χ0n) is 11.2. The summed E-state index contributed by atoms with van der Waals surface area (Å²) in [7, 11) is 0. The fourth-order valence-electron chi connectivity index (χ4n) is 1.98. The van der Waals surface area contributed by atoms with Crippen LogP contribution >= 0.6 is 0 Å². The number of hydrogen-bond donors (Lipinski definition) is 3. The van der Waals surface area contributed by atoms with Crippen molar-refractivity contribution >= 4 is 11.9 Å². The molecular weight excluding hydrogens is 270 g/mol. The van der Waals surface area contributed by atoms with Crippen molar-refractivity contribution in [2.24, 2.45) is 0 Å². The number of carbonyl (C=O) groups excluding carboxylic acids is 1. The molecule has 0 heterocycles. The normalized spacial score (nSPS) is 10.1. The quantitative estimate of drug-likeness (QED) is 0.782. The van der Waals surface area contributed by atoms with Crippen LogP contribution in [0.2, 0.25) is 0 Å². The highest BCUT2D eigenvalue weighted by Gasteiger charge is 2.15. The molecule has 0 unspecified atom stereocenters. The minimum atomic E-state index is -1.14. The van der Waals surface area contributed by atoms with E-state index in [1.165, 1.54) is 12.1 Å². The summed E-state index contributed by atoms with van der Waals surface area (Å²) in [6, 6.07) is 13.2. The molecule has 0 spiro atoms. The van der Waals surface area contributed by atoms with E-state index in [2.05, 4.69) is 5.32 Å². The van der Waals surface area contributed by atoms with E-state index < -0.39 is 11.9 Å². The van der Waals surface area contributed by atoms with Crippen LogP contribution in [0.15, 0.2) is 48.5 Å². The number of benzene rings is 2. The van der Waals surface area contributed by atoms with E-state index in [4.69, 9.17) is 10.2 Å². The molecular formula is C16H15NO4. The Morgan fingerprint density at radius 3 is 2.29 bits per heavy atom. The fraction of sp³-hybridized carbons (Fsp3) is 0.125. The van der Waals surface area contributed by atoms with Gasteiger partial charge in [-0.2, -0.15) is 0 Å². The van der Waals surface area contributed by atoms with E-state index in [1.807, 2.05) is 6.07 Å². The molecule has 2 rings (SSSR count). The van der Waals surface area contributed by atoms with Gasteiger partial charge in [-0.05, 0) is 23.3 Å². The lowest BCUT2D eigenvalue weighted by atomic mass is 10.1. The third kappa shape index (κ3) is 3.67. The lowest BCUT2D eigenvalue weighted by Gasteiger charge is -2.08. The molecule has 2 aromatic carbocycles. The molecule has 2 aromatic rings. The van der Waals surface area contributed by atoms with E-state index in [9.17, 15) is 9.59 Å². The van der Waals surface area contributed by atoms with Gasteiger partial charge < -0.3 is 15.5 Å². The van der Waals surface area contributed by atoms with Crippen LogP contribution in [0.3, 0.4) is 0 Å². The molecule has 0 bridgehead atoms. The first-order valence-electron chi connectivity index (χ1n) is 6.41. The van der Waals surface area contributed by atoms with Crippen molar-refractivity contribution in [1.82, 2.24) is 5.32 Å². The first kappa shape index (κ1) is 14.7. The second-order valence-electron chi connectivity index (χ2n) is 4.51. The summed E-state index contributed by atoms with van der Waals surface area (Å²) in [4.78, 5) is 23.2. The van der Waals surface area contributed by atoms with E-state index in [1.54, 1.807) is 30.3 Å². The Balaban J connectivity index is 2.10. The number of hydrogen-bond acceptors (Lipinski definition) is 3. The van der Waals surface area contributed by atoms with Crippen LogP contribution in [0.5, 0.6) is 0 Å². The van der Waals surface area contributed by atoms with Crippen molar-refractivity contribution in [2.75, 3.05) is 0 Å². The van der Waals surface area contributed by atoms with Crippen LogP contribution in [0, 0.1) is 0 Å². The largest absolute Gasteiger partial charge is 0.478 e. The molecule has 108 valence electrons. The first-order valence-corrected chi connectivity index (χ1v) is 6.41. The maximum atomic E-state index is 12.1. The highest BCUT2D eigenvalue weighted by atomic mass is 16.4. The molecule has 21 heavy (non-hydrogen) atoms. The predicted octanol–water partition coefficient (Wildman–Crippen LogP) is 1.81. The van der Waals surface area contributed by atoms with Gasteiger partial charge in [0, 0.05) is 6.54 Å². The van der Waals surface area contributed by atoms with Crippen LogP contribution in [-0.4, -0.2) is 22.1 Å². The molecule has 0 aromatic heterocycles. The molecule has 0 aliphatic heterocycles. The van der Waals surface area contributed by atoms with Gasteiger partial charge in [0.15, 0.2) is 0 Å². The third-order valence-corrected chi connectivity index (χ3v) is 3.03. The molecule has 5 heteroatoms. The maximum Gasteiger partial charge on any atom is 0.336 e. The van der Waals surface area contributed by atoms with Crippen molar-refractivity contribution in [3.8, 4) is 0 Å². The number of aromatic carboxylic acids is 1. The van der Waals surface area contributed by atoms with Gasteiger partial charge in [0.1, 0.15) is 0 Å². The fourth-order valence-corrected chi connectivity index (χ4v) is 1.98. The lowest BCUT2D eigenvalue weighted by molar-refractivity contribution is 0.0691. The minimum Gasteiger partial charge on any atom is -0.478 e. The molecule has 0 aliphatic rings. The number of aliphatic hydroxyl groups is 1. The highest BCUT2D eigenvalue weighted by molar-refractivity contribution is 6.04. The van der Waals surface area contributed by atoms with Crippen LogP contribution < -0.4 is 5.32 Å². The lowest BCUT2D eigenvalue weighted by Crippen LogP contribution is -2.24. The van der Waals surface area contributed by atoms with E-state index in [0.29, 0.717) is 0 Å². The van der Waals surface area contributed by atoms with Gasteiger partial charge in [0.05, 0.1) is 17.7 Å². The van der Waals surface area contributed by atoms with Crippen molar-refractivity contribution in [3.05, 3.63) is 70.8 Å². The summed E-state index contributed by atoms with van der Waals surface area (Å²) in [6.45, 7) is 0.199. The van der Waals surface area contributed by atoms with Gasteiger partial charge >= 0.3 is 5.97 Å². The smallest absolute Gasteiger partial charge is 0.336 e. The van der Waals surface area contributed by atoms with Gasteiger partial charge in [-0.15, -0.1) is 0 Å². The molecule has 0 aliphatic carbocycles. The molecule has 0 fully saturated rings. The van der Waals surface area contributed by atoms with Gasteiger partial charge in [0.2, 0.25) is 0 Å². The minimum absolute atomic E-state index is 0.0286. The highest BCUT2D eigenvalue weighted by Crippen LogP contribution is 2.10. The number of carboxylic acids is 1. The Kier molecular flexibility index (Phi) is 4.68. The predicted molar refractivity (Wildman–Crippen MR) is 76.9 cm³/mol. The number of amides is 1. The number of carbonyl (C=O) groups is 2. The van der Waals surface area contributed by atoms with Gasteiger partial charge in [-0.25, -0.2) is 4.79 Å². The molecule has 0 atom stereocenters. The van der Waals surface area contributed by atoms with Gasteiger partial charge in [0.25, 0.3) is 5.91 Å². The Morgan fingerprint density at radius 2 is 1.62 bits per heavy atom. The summed E-state index contributed by atoms with van der Waals surface area (Å²) >= 11 is 0. The number of carboxylic acid groups (broad SMARTS) is 1. The number of nitrogens with one attached hydrogen (secondary N) is 1. The van der Waals surface area contributed by atoms with Crippen molar-refractivity contribution in [1.29, 1.82) is 0 Å². The Morgan fingerprint density at radius 1 is 0.952 bits per heavy atom. The average molecular weight is 285 g/mol. The van der Waals surface area contributed by atoms with Gasteiger partial charge in [-0.3, -0.25) is 4.79 Å². The summed E-state index contributed by atoms with van der Waals surface area (Å²) in [6.07, 6.45) is 0. The Labute approximate surface area is 121 Å². The average Bonchev–Trinajstić information content (AvgIpc) is 2.52. The maximum absolute atomic E-state index is 12.1. The summed E-state index contributed by atoms with van der Waals surface area (Å²) in [5, 5.41) is 20.8. The third-order valence-electron chi connectivity index (χ3n) is 3.03. The van der Waals surface area contributed by atoms with Crippen LogP contribution in [0.1, 0.15) is 31.8 Å². The van der Waals surface area contributed by atoms with E-state index in [-0.39, 0.29) is 24.3 Å². The zero-order valence-corrected chi connectivity index (χ0v) is 11.2. The topological polar surface area (TPSA) is 86.6 Å². The Hall–Kier alpha value is -2.66. The number of rotatable bonds is 5. The first-order chi connectivity index (χ1) is 10.1. The van der Waals surface area contributed by atoms with Crippen LogP contribution in [0.25, 0.3) is 0 Å². The summed E-state index contributed by atoms with van der Waals surface area (Å²) in [5.74, 6) is -1.58. The second-order valence-corrected chi connectivity index (χ2v) is 4.51. The molecule has 1 amide bonds. The van der Waals surface area contributed by atoms with E-state index >= 15 is 0 Å². The number of aliphatic hydroxyl groups excluding tert-OH is 1. The second kappa shape index (κ2) is 6.67. The molecule has 0 saturated heterocycles. The van der Waals surface area contributed by atoms with Crippen LogP contribution in [0.4, 0.5) is 0 Å². The molecule has 5 nitrogen and oxygen atoms in total. The molecule has 3 N–H and O–H groups in total. The van der Waals surface area contributed by atoms with Gasteiger partial charge in [-0.1, -0.05) is 36.4 Å². The zero-order chi connectivity index (χ0) is 15.2. The standard InChI is InChI=1S/C16H15NO4/c18-10-12-5-3-4-11(8-12)9-17-15(19)13-6-1-2-7-14(13)16(20)21/h1-8,18H,9-10H2,(H,17,19)(H,20,21). The van der Waals surface area contributed by atoms with Crippen LogP contribution in [-0.2, 0) is 13.2 Å². The summed E-state index contributed by atoms with van der Waals surface area (Å²) < 4.78 is 0. The molecule has 0 saturated carbocycles. The van der Waals surface area contributed by atoms with Crippen molar-refractivity contribution in [3.63, 3.8) is 0 Å². The SMILES string of the molecule is O=C(O)c1ccccc1C(=O)NCc1cccc(CO)c1. The molecule has 0 radical (unpaired) electrons. The van der Waals surface area contributed by atoms with E-state index in [0.717, 1.165) is 11.1 Å². The Bertz CT molecular complexity index is 667. The summed E-state index contributed by atoms with van der Waals surface area (Å²) in [5.41, 5.74) is 1.69. The van der Waals surface area contributed by atoms with Crippen molar-refractivity contribution in [2.45, 2.75) is 13.2 Å². The monoisotopic (exact) mass is 285 g/mol. The van der Waals surface area contributed by atoms with Crippen molar-refractivity contribution < 1.29 is 19.8 Å².